The second-order valence-corrected chi connectivity index (χ2v) is 11.0. The van der Waals surface area contributed by atoms with Crippen molar-refractivity contribution in [1.29, 1.82) is 0 Å². The first-order valence-electron chi connectivity index (χ1n) is 8.99. The Morgan fingerprint density at radius 3 is 1.32 bits per heavy atom. The number of hydrogen-bond acceptors (Lipinski definition) is 5. The van der Waals surface area contributed by atoms with Gasteiger partial charge in [-0.3, -0.25) is 0 Å². The number of alkyl halides is 3. The summed E-state index contributed by atoms with van der Waals surface area (Å²) < 4.78 is 52.7. The molecular weight excluding hydrogens is 684 g/mol. The zero-order valence-electron chi connectivity index (χ0n) is 17.5. The predicted octanol–water partition coefficient (Wildman–Crippen LogP) is 7.21. The largest absolute Gasteiger partial charge is 0.443 e. The molecule has 0 saturated carbocycles. The molecule has 171 valence electrons. The molecule has 0 unspecified atom stereocenters. The molecule has 0 aliphatic rings. The van der Waals surface area contributed by atoms with E-state index in [1.807, 2.05) is 41.5 Å². The number of rotatable bonds is 2. The van der Waals surface area contributed by atoms with Gasteiger partial charge in [0.25, 0.3) is 0 Å². The first-order valence-corrected chi connectivity index (χ1v) is 11.2. The van der Waals surface area contributed by atoms with Crippen LogP contribution in [-0.2, 0) is 33.8 Å². The van der Waals surface area contributed by atoms with Crippen LogP contribution in [0.5, 0.6) is 0 Å². The van der Waals surface area contributed by atoms with Crippen molar-refractivity contribution in [1.82, 2.24) is 15.0 Å². The van der Waals surface area contributed by atoms with Crippen molar-refractivity contribution in [2.75, 3.05) is 0 Å². The molecule has 0 aliphatic heterocycles. The molecule has 0 saturated heterocycles. The quantitative estimate of drug-likeness (QED) is 0.264. The Labute approximate surface area is 215 Å². The van der Waals surface area contributed by atoms with E-state index < -0.39 is 11.7 Å². The van der Waals surface area contributed by atoms with Gasteiger partial charge < -0.3 is 8.83 Å². The van der Waals surface area contributed by atoms with Crippen LogP contribution in [0.4, 0.5) is 13.2 Å². The summed E-state index contributed by atoms with van der Waals surface area (Å²) in [5.74, 6) is 0.0464. The van der Waals surface area contributed by atoms with Crippen molar-refractivity contribution in [3.05, 3.63) is 36.6 Å². The number of aromatic nitrogens is 3. The van der Waals surface area contributed by atoms with Crippen LogP contribution in [-0.4, -0.2) is 15.0 Å². The van der Waals surface area contributed by atoms with Crippen LogP contribution in [0.15, 0.2) is 21.4 Å². The van der Waals surface area contributed by atoms with Crippen LogP contribution < -0.4 is 0 Å². The summed E-state index contributed by atoms with van der Waals surface area (Å²) in [4.78, 5) is 13.2. The number of hydrogen-bond donors (Lipinski definition) is 0. The van der Waals surface area contributed by atoms with Gasteiger partial charge in [0.1, 0.15) is 23.9 Å². The minimum Gasteiger partial charge on any atom is -0.443 e. The monoisotopic (exact) mass is 704 g/mol. The summed E-state index contributed by atoms with van der Waals surface area (Å²) >= 11 is 3.28. The van der Waals surface area contributed by atoms with Gasteiger partial charge in [-0.25, -0.2) is 15.0 Å². The molecule has 0 aliphatic carbocycles. The van der Waals surface area contributed by atoms with Crippen molar-refractivity contribution < 1.29 is 38.8 Å². The zero-order valence-corrected chi connectivity index (χ0v) is 22.9. The topological polar surface area (TPSA) is 65.0 Å². The molecule has 5 nitrogen and oxygen atoms in total. The molecule has 0 atom stereocenters. The third-order valence-electron chi connectivity index (χ3n) is 4.31. The summed E-state index contributed by atoms with van der Waals surface area (Å²) in [6, 6.07) is 0. The van der Waals surface area contributed by atoms with E-state index >= 15 is 0 Å². The molecule has 0 fully saturated rings. The Kier molecular flexibility index (Phi) is 7.66. The van der Waals surface area contributed by atoms with Crippen molar-refractivity contribution in [3.8, 4) is 23.2 Å². The van der Waals surface area contributed by atoms with Gasteiger partial charge in [-0.1, -0.05) is 41.5 Å². The fraction of sp³-hybridized carbons (Fsp3) is 0.450. The Balaban J connectivity index is 0.00000341. The summed E-state index contributed by atoms with van der Waals surface area (Å²) in [5.41, 5.74) is -0.208. The van der Waals surface area contributed by atoms with E-state index in [0.29, 0.717) is 11.4 Å². The van der Waals surface area contributed by atoms with Gasteiger partial charge >= 0.3 is 6.18 Å². The zero-order chi connectivity index (χ0) is 22.6. The van der Waals surface area contributed by atoms with Gasteiger partial charge in [0.2, 0.25) is 11.8 Å². The number of nitrogens with zero attached hydrogens (tertiary/aromatic N) is 3. The summed E-state index contributed by atoms with van der Waals surface area (Å²) in [7, 11) is 0. The molecule has 11 heteroatoms. The maximum absolute atomic E-state index is 14.0. The van der Waals surface area contributed by atoms with Crippen molar-refractivity contribution in [2.24, 2.45) is 0 Å². The van der Waals surface area contributed by atoms with Gasteiger partial charge in [-0.15, -0.1) is 0 Å². The van der Waals surface area contributed by atoms with Crippen molar-refractivity contribution >= 4 is 45.2 Å². The number of halogens is 5. The van der Waals surface area contributed by atoms with E-state index in [1.165, 1.54) is 12.5 Å². The smallest absolute Gasteiger partial charge is 0.418 e. The molecule has 31 heavy (non-hydrogen) atoms. The molecule has 0 amide bonds. The first kappa shape index (κ1) is 26.6. The van der Waals surface area contributed by atoms with Gasteiger partial charge in [0, 0.05) is 27.6 Å². The molecule has 0 N–H and O–H groups in total. The van der Waals surface area contributed by atoms with Gasteiger partial charge in [-0.2, -0.15) is 13.2 Å². The third-order valence-corrected chi connectivity index (χ3v) is 6.41. The third kappa shape index (κ3) is 5.46. The van der Waals surface area contributed by atoms with Crippen LogP contribution in [0.3, 0.4) is 0 Å². The average molecular weight is 704 g/mol. The molecule has 3 aromatic rings. The molecule has 0 bridgehead atoms. The molecular formula is C20H20CoF3I2N3O2. The normalized spacial score (nSPS) is 12.7. The van der Waals surface area contributed by atoms with Gasteiger partial charge in [0.05, 0.1) is 24.1 Å². The van der Waals surface area contributed by atoms with Crippen LogP contribution >= 0.6 is 45.2 Å². The minimum atomic E-state index is -4.60. The predicted molar refractivity (Wildman–Crippen MR) is 123 cm³/mol. The molecule has 3 rings (SSSR count). The van der Waals surface area contributed by atoms with E-state index in [2.05, 4.69) is 15.0 Å². The van der Waals surface area contributed by atoms with E-state index in [0.717, 1.165) is 0 Å². The first-order chi connectivity index (χ1) is 13.6. The maximum Gasteiger partial charge on any atom is 0.418 e. The van der Waals surface area contributed by atoms with Crippen molar-refractivity contribution in [3.63, 3.8) is 0 Å². The standard InChI is InChI=1S/C20H20F3I2N3O2.Co/c1-18(2,3)9-7-29-16(26-9)14-12(24)11(20(21,22)23)13(25)15(28-14)17-27-10(8-30-17)19(4,5)6;/h7-8H,1-6H3;. The van der Waals surface area contributed by atoms with E-state index in [9.17, 15) is 13.2 Å². The average Bonchev–Trinajstić information content (AvgIpc) is 3.22. The fourth-order valence-corrected chi connectivity index (χ4v) is 4.90. The van der Waals surface area contributed by atoms with Crippen LogP contribution in [0.1, 0.15) is 58.5 Å². The fourth-order valence-electron chi connectivity index (χ4n) is 2.53. The van der Waals surface area contributed by atoms with E-state index in [-0.39, 0.29) is 57.9 Å². The molecule has 3 heterocycles. The Morgan fingerprint density at radius 2 is 1.06 bits per heavy atom. The molecule has 0 aromatic carbocycles. The second kappa shape index (κ2) is 8.93. The Bertz CT molecular complexity index is 1020. The SMILES string of the molecule is CC(C)(C)c1coc(-c2nc(-c3nc(C(C)(C)C)co3)c(I)c(C(F)(F)F)c2I)n1.[Co]. The summed E-state index contributed by atoms with van der Waals surface area (Å²) in [6.07, 6.45) is -1.71. The molecule has 1 radical (unpaired) electrons. The maximum atomic E-state index is 14.0. The molecule has 0 spiro atoms. The van der Waals surface area contributed by atoms with E-state index in [1.54, 1.807) is 45.2 Å². The summed E-state index contributed by atoms with van der Waals surface area (Å²) in [5, 5.41) is 0. The van der Waals surface area contributed by atoms with Crippen LogP contribution in [0, 0.1) is 7.14 Å². The van der Waals surface area contributed by atoms with Gasteiger partial charge in [-0.05, 0) is 45.2 Å². The van der Waals surface area contributed by atoms with Crippen LogP contribution in [0.2, 0.25) is 0 Å². The number of oxazole rings is 2. The second-order valence-electron chi connectivity index (χ2n) is 8.89. The van der Waals surface area contributed by atoms with E-state index in [4.69, 9.17) is 8.83 Å². The summed E-state index contributed by atoms with van der Waals surface area (Å²) in [6.45, 7) is 11.6. The van der Waals surface area contributed by atoms with Crippen molar-refractivity contribution in [2.45, 2.75) is 58.5 Å². The van der Waals surface area contributed by atoms with Crippen LogP contribution in [0.25, 0.3) is 23.2 Å². The van der Waals surface area contributed by atoms with Gasteiger partial charge in [0.15, 0.2) is 0 Å². The Hall–Kier alpha value is -0.674. The minimum absolute atomic E-state index is 0. The molecule has 3 aromatic heterocycles. The Morgan fingerprint density at radius 1 is 0.710 bits per heavy atom. The number of pyridine rings is 1.